The molecule has 0 heterocycles. The van der Waals surface area contributed by atoms with E-state index < -0.39 is 0 Å². The van der Waals surface area contributed by atoms with Crippen molar-refractivity contribution in [3.05, 3.63) is 63.2 Å². The van der Waals surface area contributed by atoms with E-state index in [9.17, 15) is 10.1 Å². The molecule has 2 aromatic carbocycles. The first-order valence-corrected chi connectivity index (χ1v) is 8.09. The van der Waals surface area contributed by atoms with Crippen molar-refractivity contribution in [2.75, 3.05) is 20.7 Å². The average Bonchev–Trinajstić information content (AvgIpc) is 2.62. The van der Waals surface area contributed by atoms with E-state index >= 15 is 0 Å². The van der Waals surface area contributed by atoms with Crippen LogP contribution in [0, 0.1) is 17.0 Å². The van der Waals surface area contributed by atoms with Crippen molar-refractivity contribution in [2.24, 2.45) is 4.99 Å². The molecule has 0 aliphatic rings. The van der Waals surface area contributed by atoms with Gasteiger partial charge < -0.3 is 9.64 Å². The van der Waals surface area contributed by atoms with Crippen LogP contribution >= 0.6 is 0 Å². The SMILES string of the molecule is CCN(C)/C=N/c1cc(OC)cc(Cc2cccc([N+](=O)[O-])c2)c1C. The lowest BCUT2D eigenvalue weighted by Crippen LogP contribution is -2.14. The van der Waals surface area contributed by atoms with Crippen molar-refractivity contribution < 1.29 is 9.66 Å². The molecule has 0 saturated carbocycles. The Bertz CT molecular complexity index is 787. The fraction of sp³-hybridized carbons (Fsp3) is 0.316. The van der Waals surface area contributed by atoms with Gasteiger partial charge in [0.2, 0.25) is 0 Å². The predicted octanol–water partition coefficient (Wildman–Crippen LogP) is 4.11. The molecular formula is C19H23N3O3. The number of rotatable bonds is 7. The lowest BCUT2D eigenvalue weighted by Gasteiger charge is -2.13. The summed E-state index contributed by atoms with van der Waals surface area (Å²) in [6.07, 6.45) is 2.37. The normalized spacial score (nSPS) is 10.9. The monoisotopic (exact) mass is 341 g/mol. The highest BCUT2D eigenvalue weighted by Crippen LogP contribution is 2.30. The fourth-order valence-electron chi connectivity index (χ4n) is 2.41. The van der Waals surface area contributed by atoms with Gasteiger partial charge in [-0.3, -0.25) is 10.1 Å². The minimum atomic E-state index is -0.377. The first-order chi connectivity index (χ1) is 11.9. The van der Waals surface area contributed by atoms with Crippen LogP contribution in [0.3, 0.4) is 0 Å². The fourth-order valence-corrected chi connectivity index (χ4v) is 2.41. The smallest absolute Gasteiger partial charge is 0.269 e. The molecule has 0 unspecified atom stereocenters. The molecule has 2 rings (SSSR count). The molecular weight excluding hydrogens is 318 g/mol. The van der Waals surface area contributed by atoms with Gasteiger partial charge in [0, 0.05) is 31.8 Å². The molecule has 0 aliphatic carbocycles. The van der Waals surface area contributed by atoms with Crippen LogP contribution in [0.5, 0.6) is 5.75 Å². The Balaban J connectivity index is 2.38. The Morgan fingerprint density at radius 3 is 2.72 bits per heavy atom. The summed E-state index contributed by atoms with van der Waals surface area (Å²) < 4.78 is 5.39. The second-order valence-corrected chi connectivity index (χ2v) is 5.85. The van der Waals surface area contributed by atoms with Gasteiger partial charge in [0.1, 0.15) is 5.75 Å². The van der Waals surface area contributed by atoms with Gasteiger partial charge in [0.15, 0.2) is 0 Å². The highest BCUT2D eigenvalue weighted by Gasteiger charge is 2.11. The highest BCUT2D eigenvalue weighted by molar-refractivity contribution is 5.65. The standard InChI is InChI=1S/C19H23N3O3/c1-5-21(3)13-20-19-12-18(25-4)11-16(14(19)2)9-15-7-6-8-17(10-15)22(23)24/h6-8,10-13H,5,9H2,1-4H3/b20-13+. The number of benzene rings is 2. The second kappa shape index (κ2) is 8.28. The molecule has 0 aliphatic heterocycles. The maximum absolute atomic E-state index is 11.0. The maximum atomic E-state index is 11.0. The van der Waals surface area contributed by atoms with Crippen molar-refractivity contribution in [1.29, 1.82) is 0 Å². The zero-order valence-electron chi connectivity index (χ0n) is 15.0. The van der Waals surface area contributed by atoms with Gasteiger partial charge in [-0.05, 0) is 43.0 Å². The van der Waals surface area contributed by atoms with Crippen LogP contribution < -0.4 is 4.74 Å². The topological polar surface area (TPSA) is 68.0 Å². The number of aliphatic imine (C=N–C) groups is 1. The summed E-state index contributed by atoms with van der Waals surface area (Å²) in [6.45, 7) is 4.93. The summed E-state index contributed by atoms with van der Waals surface area (Å²) in [5.74, 6) is 0.720. The summed E-state index contributed by atoms with van der Waals surface area (Å²) in [5, 5.41) is 11.0. The van der Waals surface area contributed by atoms with E-state index in [2.05, 4.69) is 11.9 Å². The number of nitro benzene ring substituents is 1. The third-order valence-corrected chi connectivity index (χ3v) is 4.11. The molecule has 6 nitrogen and oxygen atoms in total. The van der Waals surface area contributed by atoms with Crippen LogP contribution in [0.15, 0.2) is 41.4 Å². The van der Waals surface area contributed by atoms with Crippen molar-refractivity contribution in [3.8, 4) is 5.75 Å². The number of hydrogen-bond acceptors (Lipinski definition) is 4. The Labute approximate surface area is 147 Å². The lowest BCUT2D eigenvalue weighted by atomic mass is 9.98. The molecule has 0 fully saturated rings. The summed E-state index contributed by atoms with van der Waals surface area (Å²) in [5.41, 5.74) is 3.88. The Hall–Kier alpha value is -2.89. The van der Waals surface area contributed by atoms with E-state index in [-0.39, 0.29) is 10.6 Å². The first kappa shape index (κ1) is 18.4. The molecule has 0 aromatic heterocycles. The number of nitrogens with zero attached hydrogens (tertiary/aromatic N) is 3. The van der Waals surface area contributed by atoms with Crippen LogP contribution in [0.2, 0.25) is 0 Å². The van der Waals surface area contributed by atoms with E-state index in [0.717, 1.165) is 34.7 Å². The summed E-state index contributed by atoms with van der Waals surface area (Å²) in [4.78, 5) is 17.1. The molecule has 0 amide bonds. The van der Waals surface area contributed by atoms with Crippen molar-refractivity contribution in [2.45, 2.75) is 20.3 Å². The van der Waals surface area contributed by atoms with E-state index in [4.69, 9.17) is 4.74 Å². The van der Waals surface area contributed by atoms with Gasteiger partial charge in [0.05, 0.1) is 24.1 Å². The van der Waals surface area contributed by atoms with Crippen molar-refractivity contribution in [1.82, 2.24) is 4.90 Å². The number of methoxy groups -OCH3 is 1. The van der Waals surface area contributed by atoms with Gasteiger partial charge in [-0.15, -0.1) is 0 Å². The quantitative estimate of drug-likeness (QED) is 0.329. The minimum absolute atomic E-state index is 0.0980. The first-order valence-electron chi connectivity index (χ1n) is 8.09. The Kier molecular flexibility index (Phi) is 6.11. The molecule has 0 saturated heterocycles. The zero-order valence-corrected chi connectivity index (χ0v) is 15.0. The van der Waals surface area contributed by atoms with Gasteiger partial charge in [0.25, 0.3) is 5.69 Å². The minimum Gasteiger partial charge on any atom is -0.497 e. The number of nitro groups is 1. The molecule has 0 radical (unpaired) electrons. The van der Waals surface area contributed by atoms with Crippen LogP contribution in [0.1, 0.15) is 23.6 Å². The molecule has 6 heteroatoms. The maximum Gasteiger partial charge on any atom is 0.269 e. The summed E-state index contributed by atoms with van der Waals surface area (Å²) in [7, 11) is 3.58. The number of non-ortho nitro benzene ring substituents is 1. The second-order valence-electron chi connectivity index (χ2n) is 5.85. The Morgan fingerprint density at radius 1 is 1.32 bits per heavy atom. The molecule has 0 spiro atoms. The van der Waals surface area contributed by atoms with Gasteiger partial charge in [-0.1, -0.05) is 12.1 Å². The summed E-state index contributed by atoms with van der Waals surface area (Å²) >= 11 is 0. The predicted molar refractivity (Wildman–Crippen MR) is 100 cm³/mol. The molecule has 25 heavy (non-hydrogen) atoms. The van der Waals surface area contributed by atoms with E-state index in [1.165, 1.54) is 6.07 Å². The van der Waals surface area contributed by atoms with Crippen molar-refractivity contribution in [3.63, 3.8) is 0 Å². The van der Waals surface area contributed by atoms with E-state index in [0.29, 0.717) is 6.42 Å². The largest absolute Gasteiger partial charge is 0.497 e. The average molecular weight is 341 g/mol. The number of ether oxygens (including phenoxy) is 1. The molecule has 0 N–H and O–H groups in total. The molecule has 132 valence electrons. The molecule has 0 bridgehead atoms. The third-order valence-electron chi connectivity index (χ3n) is 4.11. The zero-order chi connectivity index (χ0) is 18.4. The number of hydrogen-bond donors (Lipinski definition) is 0. The van der Waals surface area contributed by atoms with Gasteiger partial charge >= 0.3 is 0 Å². The van der Waals surface area contributed by atoms with Crippen LogP contribution in [0.25, 0.3) is 0 Å². The van der Waals surface area contributed by atoms with Crippen LogP contribution in [0.4, 0.5) is 11.4 Å². The van der Waals surface area contributed by atoms with Crippen LogP contribution in [-0.2, 0) is 6.42 Å². The van der Waals surface area contributed by atoms with Crippen LogP contribution in [-0.4, -0.2) is 36.9 Å². The van der Waals surface area contributed by atoms with Crippen molar-refractivity contribution >= 4 is 17.7 Å². The Morgan fingerprint density at radius 2 is 2.08 bits per heavy atom. The highest BCUT2D eigenvalue weighted by atomic mass is 16.6. The van der Waals surface area contributed by atoms with Gasteiger partial charge in [-0.25, -0.2) is 4.99 Å². The third kappa shape index (κ3) is 4.79. The molecule has 0 atom stereocenters. The lowest BCUT2D eigenvalue weighted by molar-refractivity contribution is -0.384. The summed E-state index contributed by atoms with van der Waals surface area (Å²) in [6, 6.07) is 10.5. The van der Waals surface area contributed by atoms with E-state index in [1.54, 1.807) is 25.6 Å². The van der Waals surface area contributed by atoms with E-state index in [1.807, 2.05) is 37.1 Å². The molecule has 2 aromatic rings. The van der Waals surface area contributed by atoms with Gasteiger partial charge in [-0.2, -0.15) is 0 Å².